The second-order valence-corrected chi connectivity index (χ2v) is 9.45. The summed E-state index contributed by atoms with van der Waals surface area (Å²) < 4.78 is 60.8. The number of aromatic nitrogens is 3. The number of halogens is 4. The molecule has 6 rings (SSSR count). The van der Waals surface area contributed by atoms with Crippen molar-refractivity contribution < 1.29 is 27.1 Å². The van der Waals surface area contributed by atoms with Crippen LogP contribution in [0.5, 0.6) is 5.75 Å². The number of anilines is 1. The summed E-state index contributed by atoms with van der Waals surface area (Å²) in [6.07, 6.45) is -3.00. The van der Waals surface area contributed by atoms with E-state index in [0.29, 0.717) is 45.2 Å². The molecule has 2 N–H and O–H groups in total. The smallest absolute Gasteiger partial charge is 0.416 e. The van der Waals surface area contributed by atoms with Gasteiger partial charge >= 0.3 is 6.18 Å². The number of hydrogen-bond acceptors (Lipinski definition) is 5. The van der Waals surface area contributed by atoms with Gasteiger partial charge in [0.05, 0.1) is 34.2 Å². The molecule has 1 amide bonds. The summed E-state index contributed by atoms with van der Waals surface area (Å²) in [7, 11) is 3.46. The van der Waals surface area contributed by atoms with E-state index in [1.807, 2.05) is 0 Å². The molecule has 3 aromatic carbocycles. The summed E-state index contributed by atoms with van der Waals surface area (Å²) in [4.78, 5) is 19.5. The van der Waals surface area contributed by atoms with Gasteiger partial charge in [0, 0.05) is 36.2 Å². The van der Waals surface area contributed by atoms with Crippen molar-refractivity contribution in [3.63, 3.8) is 0 Å². The molecule has 39 heavy (non-hydrogen) atoms. The first kappa shape index (κ1) is 24.7. The quantitative estimate of drug-likeness (QED) is 0.298. The maximum atomic E-state index is 14.5. The van der Waals surface area contributed by atoms with Crippen LogP contribution >= 0.6 is 0 Å². The third kappa shape index (κ3) is 4.01. The van der Waals surface area contributed by atoms with E-state index in [9.17, 15) is 22.4 Å². The van der Waals surface area contributed by atoms with Gasteiger partial charge in [-0.05, 0) is 42.0 Å². The van der Waals surface area contributed by atoms with Crippen molar-refractivity contribution in [2.45, 2.75) is 12.2 Å². The molecule has 0 fully saturated rings. The largest absolute Gasteiger partial charge is 0.491 e. The Morgan fingerprint density at radius 1 is 1.10 bits per heavy atom. The van der Waals surface area contributed by atoms with Gasteiger partial charge in [-0.3, -0.25) is 9.48 Å². The molecule has 0 bridgehead atoms. The molecule has 0 saturated carbocycles. The van der Waals surface area contributed by atoms with Gasteiger partial charge in [-0.15, -0.1) is 0 Å². The van der Waals surface area contributed by atoms with Gasteiger partial charge in [-0.25, -0.2) is 9.37 Å². The number of carbonyl (C=O) groups excluding carboxylic acids is 1. The van der Waals surface area contributed by atoms with Crippen LogP contribution in [0.2, 0.25) is 0 Å². The standard InChI is InChI=1S/C28H21F4N5O2/c1-36(27(38)15-4-8-22-19(9-15)25-20(26(33)35-22)12-34-37(25)2)23-13-39-24-10-14(3-6-18(23)24)17-7-5-16(11-21(17)29)28(30,31)32/h3-12,23H,13H2,1-2H3,(H2,33,35)/t23-/m1/s1. The highest BCUT2D eigenvalue weighted by atomic mass is 19.4. The van der Waals surface area contributed by atoms with E-state index in [-0.39, 0.29) is 18.1 Å². The number of carbonyl (C=O) groups is 1. The Labute approximate surface area is 219 Å². The number of likely N-dealkylation sites (N-methyl/N-ethyl adjacent to an activating group) is 1. The summed E-state index contributed by atoms with van der Waals surface area (Å²) in [6.45, 7) is 0.175. The number of nitrogens with zero attached hydrogens (tertiary/aromatic N) is 4. The zero-order chi connectivity index (χ0) is 27.6. The number of fused-ring (bicyclic) bond motifs is 4. The Morgan fingerprint density at radius 2 is 1.90 bits per heavy atom. The third-order valence-corrected chi connectivity index (χ3v) is 7.12. The minimum absolute atomic E-state index is 0.0224. The first-order valence-corrected chi connectivity index (χ1v) is 11.9. The Morgan fingerprint density at radius 3 is 2.64 bits per heavy atom. The number of nitrogens with two attached hydrogens (primary N) is 1. The summed E-state index contributed by atoms with van der Waals surface area (Å²) >= 11 is 0. The summed E-state index contributed by atoms with van der Waals surface area (Å²) in [6, 6.07) is 12.1. The average molecular weight is 536 g/mol. The van der Waals surface area contributed by atoms with Crippen molar-refractivity contribution >= 4 is 33.5 Å². The second-order valence-electron chi connectivity index (χ2n) is 9.45. The minimum atomic E-state index is -4.64. The highest BCUT2D eigenvalue weighted by Gasteiger charge is 2.33. The fourth-order valence-electron chi connectivity index (χ4n) is 5.04. The van der Waals surface area contributed by atoms with Crippen LogP contribution < -0.4 is 10.5 Å². The molecule has 7 nitrogen and oxygen atoms in total. The molecule has 2 aromatic heterocycles. The lowest BCUT2D eigenvalue weighted by Gasteiger charge is -2.24. The summed E-state index contributed by atoms with van der Waals surface area (Å²) in [5, 5.41) is 5.70. The van der Waals surface area contributed by atoms with E-state index in [4.69, 9.17) is 10.5 Å². The first-order chi connectivity index (χ1) is 18.5. The molecule has 5 aromatic rings. The van der Waals surface area contributed by atoms with Gasteiger partial charge < -0.3 is 15.4 Å². The number of aryl methyl sites for hydroxylation is 1. The number of alkyl halides is 3. The van der Waals surface area contributed by atoms with Crippen molar-refractivity contribution in [3.05, 3.63) is 83.3 Å². The molecule has 0 unspecified atom stereocenters. The topological polar surface area (TPSA) is 86.3 Å². The van der Waals surface area contributed by atoms with Crippen LogP contribution in [0.25, 0.3) is 32.9 Å². The van der Waals surface area contributed by atoms with E-state index < -0.39 is 23.6 Å². The fourth-order valence-corrected chi connectivity index (χ4v) is 5.04. The molecule has 3 heterocycles. The maximum Gasteiger partial charge on any atom is 0.416 e. The van der Waals surface area contributed by atoms with Crippen molar-refractivity contribution in [2.24, 2.45) is 7.05 Å². The van der Waals surface area contributed by atoms with Crippen LogP contribution in [0.1, 0.15) is 27.5 Å². The molecule has 1 aliphatic rings. The predicted octanol–water partition coefficient (Wildman–Crippen LogP) is 5.73. The van der Waals surface area contributed by atoms with Crippen LogP contribution in [0, 0.1) is 5.82 Å². The van der Waals surface area contributed by atoms with E-state index in [0.717, 1.165) is 23.0 Å². The molecule has 11 heteroatoms. The fraction of sp³-hybridized carbons (Fsp3) is 0.179. The van der Waals surface area contributed by atoms with Gasteiger partial charge in [-0.2, -0.15) is 18.3 Å². The van der Waals surface area contributed by atoms with Crippen molar-refractivity contribution in [1.29, 1.82) is 0 Å². The molecular formula is C28H21F4N5O2. The number of hydrogen-bond donors (Lipinski definition) is 1. The Balaban J connectivity index is 1.30. The highest BCUT2D eigenvalue weighted by Crippen LogP contribution is 2.40. The van der Waals surface area contributed by atoms with Crippen LogP contribution in [0.4, 0.5) is 23.4 Å². The van der Waals surface area contributed by atoms with Crippen molar-refractivity contribution in [2.75, 3.05) is 19.4 Å². The summed E-state index contributed by atoms with van der Waals surface area (Å²) in [5.41, 5.74) is 7.97. The van der Waals surface area contributed by atoms with Gasteiger partial charge in [0.15, 0.2) is 0 Å². The van der Waals surface area contributed by atoms with Gasteiger partial charge in [0.1, 0.15) is 24.0 Å². The molecule has 1 atom stereocenters. The number of benzene rings is 3. The van der Waals surface area contributed by atoms with Crippen LogP contribution in [0.3, 0.4) is 0 Å². The number of pyridine rings is 1. The Hall–Kier alpha value is -4.67. The molecule has 0 radical (unpaired) electrons. The van der Waals surface area contributed by atoms with Crippen molar-refractivity contribution in [3.8, 4) is 16.9 Å². The lowest BCUT2D eigenvalue weighted by Crippen LogP contribution is -2.32. The molecule has 0 aliphatic carbocycles. The molecule has 0 spiro atoms. The normalized spacial score (nSPS) is 15.0. The van der Waals surface area contributed by atoms with E-state index in [1.165, 1.54) is 0 Å². The highest BCUT2D eigenvalue weighted by molar-refractivity contribution is 6.10. The third-order valence-electron chi connectivity index (χ3n) is 7.12. The monoisotopic (exact) mass is 535 g/mol. The van der Waals surface area contributed by atoms with Crippen LogP contribution in [-0.4, -0.2) is 39.2 Å². The molecule has 0 saturated heterocycles. The zero-order valence-electron chi connectivity index (χ0n) is 20.8. The van der Waals surface area contributed by atoms with Crippen LogP contribution in [-0.2, 0) is 13.2 Å². The number of ether oxygens (including phenoxy) is 1. The van der Waals surface area contributed by atoms with E-state index in [1.54, 1.807) is 66.3 Å². The van der Waals surface area contributed by atoms with E-state index >= 15 is 0 Å². The molecule has 198 valence electrons. The molecule has 1 aliphatic heterocycles. The van der Waals surface area contributed by atoms with Gasteiger partial charge in [0.25, 0.3) is 5.91 Å². The summed E-state index contributed by atoms with van der Waals surface area (Å²) in [5.74, 6) is -0.437. The Bertz CT molecular complexity index is 1800. The predicted molar refractivity (Wildman–Crippen MR) is 138 cm³/mol. The minimum Gasteiger partial charge on any atom is -0.491 e. The SMILES string of the molecule is CN(C(=O)c1ccc2nc(N)c3cnn(C)c3c2c1)[C@@H]1COc2cc(-c3ccc(C(F)(F)F)cc3F)ccc21. The second kappa shape index (κ2) is 8.69. The average Bonchev–Trinajstić information content (AvgIpc) is 3.51. The van der Waals surface area contributed by atoms with Crippen molar-refractivity contribution in [1.82, 2.24) is 19.7 Å². The van der Waals surface area contributed by atoms with E-state index in [2.05, 4.69) is 10.1 Å². The molecular weight excluding hydrogens is 514 g/mol. The van der Waals surface area contributed by atoms with Crippen LogP contribution in [0.15, 0.2) is 60.8 Å². The lowest BCUT2D eigenvalue weighted by molar-refractivity contribution is -0.137. The number of rotatable bonds is 3. The maximum absolute atomic E-state index is 14.5. The number of amides is 1. The van der Waals surface area contributed by atoms with Gasteiger partial charge in [-0.1, -0.05) is 18.2 Å². The van der Waals surface area contributed by atoms with Gasteiger partial charge in [0.2, 0.25) is 0 Å². The first-order valence-electron chi connectivity index (χ1n) is 11.9. The Kier molecular flexibility index (Phi) is 5.49. The zero-order valence-corrected chi connectivity index (χ0v) is 20.8. The number of nitrogen functional groups attached to an aromatic ring is 1. The lowest BCUT2D eigenvalue weighted by atomic mass is 9.99.